The highest BCUT2D eigenvalue weighted by molar-refractivity contribution is 7.84. The molecule has 1 N–H and O–H groups in total. The summed E-state index contributed by atoms with van der Waals surface area (Å²) in [5, 5.41) is 4.16. The summed E-state index contributed by atoms with van der Waals surface area (Å²) < 4.78 is 11.5. The monoisotopic (exact) mass is 286 g/mol. The van der Waals surface area contributed by atoms with Crippen LogP contribution in [-0.4, -0.2) is 51.8 Å². The molecule has 112 valence electrons. The van der Waals surface area contributed by atoms with Gasteiger partial charge in [-0.15, -0.1) is 0 Å². The summed E-state index contributed by atoms with van der Waals surface area (Å²) in [7, 11) is -0.681. The van der Waals surface area contributed by atoms with Gasteiger partial charge in [0, 0.05) is 47.0 Å². The standard InChI is InChI=1S/C15H30N2OS/c1-4-14-11-16-15(8-5-6-9-15)12-17(14)10-7-13(2)19(3)18/h13-14,16H,4-12H2,1-3H3. The van der Waals surface area contributed by atoms with Gasteiger partial charge < -0.3 is 5.32 Å². The molecular formula is C15H30N2OS. The number of nitrogens with one attached hydrogen (secondary N) is 1. The molecule has 0 aromatic rings. The summed E-state index contributed by atoms with van der Waals surface area (Å²) in [6, 6.07) is 0.670. The van der Waals surface area contributed by atoms with Crippen LogP contribution in [0.3, 0.4) is 0 Å². The first-order chi connectivity index (χ1) is 9.06. The fourth-order valence-corrected chi connectivity index (χ4v) is 4.04. The van der Waals surface area contributed by atoms with Gasteiger partial charge in [-0.2, -0.15) is 0 Å². The minimum atomic E-state index is -0.681. The van der Waals surface area contributed by atoms with E-state index in [9.17, 15) is 4.21 Å². The van der Waals surface area contributed by atoms with Gasteiger partial charge in [0.1, 0.15) is 0 Å². The lowest BCUT2D eigenvalue weighted by Gasteiger charge is -2.46. The van der Waals surface area contributed by atoms with E-state index in [4.69, 9.17) is 0 Å². The Bertz CT molecular complexity index is 315. The molecule has 1 heterocycles. The molecule has 1 saturated heterocycles. The van der Waals surface area contributed by atoms with Gasteiger partial charge in [-0.25, -0.2) is 0 Å². The predicted octanol–water partition coefficient (Wildman–Crippen LogP) is 2.14. The first-order valence-corrected chi connectivity index (χ1v) is 9.50. The van der Waals surface area contributed by atoms with Crippen molar-refractivity contribution in [2.45, 2.75) is 69.2 Å². The zero-order valence-electron chi connectivity index (χ0n) is 12.8. The van der Waals surface area contributed by atoms with Crippen molar-refractivity contribution in [3.63, 3.8) is 0 Å². The van der Waals surface area contributed by atoms with Gasteiger partial charge >= 0.3 is 0 Å². The maximum atomic E-state index is 11.5. The third-order valence-corrected chi connectivity index (χ3v) is 6.53. The molecule has 0 radical (unpaired) electrons. The highest BCUT2D eigenvalue weighted by Gasteiger charge is 2.40. The Labute approximate surface area is 121 Å². The van der Waals surface area contributed by atoms with Crippen molar-refractivity contribution in [1.82, 2.24) is 10.2 Å². The SMILES string of the molecule is CCC1CNC2(CCCC2)CN1CCC(C)S(C)=O. The summed E-state index contributed by atoms with van der Waals surface area (Å²) >= 11 is 0. The molecule has 1 saturated carbocycles. The van der Waals surface area contributed by atoms with E-state index < -0.39 is 10.8 Å². The Morgan fingerprint density at radius 1 is 1.42 bits per heavy atom. The van der Waals surface area contributed by atoms with Crippen LogP contribution in [0.4, 0.5) is 0 Å². The molecule has 0 amide bonds. The molecule has 1 aliphatic carbocycles. The lowest BCUT2D eigenvalue weighted by Crippen LogP contribution is -2.63. The third-order valence-electron chi connectivity index (χ3n) is 5.16. The average Bonchev–Trinajstić information content (AvgIpc) is 2.84. The van der Waals surface area contributed by atoms with Gasteiger partial charge in [-0.1, -0.05) is 26.7 Å². The number of rotatable bonds is 5. The van der Waals surface area contributed by atoms with Crippen LogP contribution in [0.15, 0.2) is 0 Å². The maximum absolute atomic E-state index is 11.5. The average molecular weight is 286 g/mol. The lowest BCUT2D eigenvalue weighted by atomic mass is 9.91. The minimum Gasteiger partial charge on any atom is -0.308 e. The smallest absolute Gasteiger partial charge is 0.0329 e. The van der Waals surface area contributed by atoms with E-state index in [1.54, 1.807) is 0 Å². The van der Waals surface area contributed by atoms with Gasteiger partial charge in [-0.3, -0.25) is 9.11 Å². The molecule has 4 heteroatoms. The van der Waals surface area contributed by atoms with Crippen molar-refractivity contribution < 1.29 is 4.21 Å². The quantitative estimate of drug-likeness (QED) is 0.840. The number of nitrogens with zero attached hydrogens (tertiary/aromatic N) is 1. The van der Waals surface area contributed by atoms with Crippen LogP contribution in [0, 0.1) is 0 Å². The zero-order valence-corrected chi connectivity index (χ0v) is 13.6. The van der Waals surface area contributed by atoms with E-state index in [1.807, 2.05) is 6.26 Å². The zero-order chi connectivity index (χ0) is 13.9. The van der Waals surface area contributed by atoms with Crippen LogP contribution in [0.25, 0.3) is 0 Å². The molecule has 0 aromatic heterocycles. The van der Waals surface area contributed by atoms with E-state index in [-0.39, 0.29) is 0 Å². The summed E-state index contributed by atoms with van der Waals surface area (Å²) in [6.45, 7) is 7.86. The summed E-state index contributed by atoms with van der Waals surface area (Å²) in [5.41, 5.74) is 0.403. The molecule has 2 fully saturated rings. The van der Waals surface area contributed by atoms with Gasteiger partial charge in [-0.05, 0) is 32.2 Å². The Hall–Kier alpha value is 0.0700. The molecular weight excluding hydrogens is 256 g/mol. The van der Waals surface area contributed by atoms with Gasteiger partial charge in [0.25, 0.3) is 0 Å². The summed E-state index contributed by atoms with van der Waals surface area (Å²) in [4.78, 5) is 2.67. The Morgan fingerprint density at radius 3 is 2.68 bits per heavy atom. The first-order valence-electron chi connectivity index (χ1n) is 7.87. The van der Waals surface area contributed by atoms with Gasteiger partial charge in [0.2, 0.25) is 0 Å². The van der Waals surface area contributed by atoms with Crippen molar-refractivity contribution in [3.05, 3.63) is 0 Å². The van der Waals surface area contributed by atoms with E-state index >= 15 is 0 Å². The second kappa shape index (κ2) is 6.68. The molecule has 1 aliphatic heterocycles. The Balaban J connectivity index is 1.92. The summed E-state index contributed by atoms with van der Waals surface area (Å²) in [5.74, 6) is 0. The maximum Gasteiger partial charge on any atom is 0.0329 e. The minimum absolute atomic E-state index is 0.326. The second-order valence-corrected chi connectivity index (χ2v) is 8.30. The first kappa shape index (κ1) is 15.5. The molecule has 19 heavy (non-hydrogen) atoms. The number of piperazine rings is 1. The lowest BCUT2D eigenvalue weighted by molar-refractivity contribution is 0.0774. The molecule has 3 atom stereocenters. The normalized spacial score (nSPS) is 30.6. The van der Waals surface area contributed by atoms with Gasteiger partial charge in [0.05, 0.1) is 0 Å². The van der Waals surface area contributed by atoms with E-state index in [0.29, 0.717) is 16.8 Å². The van der Waals surface area contributed by atoms with Crippen LogP contribution in [0.2, 0.25) is 0 Å². The molecule has 0 bridgehead atoms. The van der Waals surface area contributed by atoms with Crippen molar-refractivity contribution in [2.75, 3.05) is 25.9 Å². The van der Waals surface area contributed by atoms with Crippen LogP contribution in [0.5, 0.6) is 0 Å². The number of hydrogen-bond acceptors (Lipinski definition) is 3. The molecule has 3 unspecified atom stereocenters. The molecule has 2 aliphatic rings. The molecule has 2 rings (SSSR count). The molecule has 0 aromatic carbocycles. The Morgan fingerprint density at radius 2 is 2.11 bits per heavy atom. The van der Waals surface area contributed by atoms with E-state index in [0.717, 1.165) is 19.5 Å². The highest BCUT2D eigenvalue weighted by atomic mass is 32.2. The molecule has 3 nitrogen and oxygen atoms in total. The molecule has 1 spiro atoms. The highest BCUT2D eigenvalue weighted by Crippen LogP contribution is 2.33. The second-order valence-electron chi connectivity index (χ2n) is 6.50. The van der Waals surface area contributed by atoms with Crippen molar-refractivity contribution in [2.24, 2.45) is 0 Å². The van der Waals surface area contributed by atoms with Crippen molar-refractivity contribution >= 4 is 10.8 Å². The number of hydrogen-bond donors (Lipinski definition) is 1. The van der Waals surface area contributed by atoms with Crippen LogP contribution < -0.4 is 5.32 Å². The fourth-order valence-electron chi connectivity index (χ4n) is 3.60. The Kier molecular flexibility index (Phi) is 5.44. The van der Waals surface area contributed by atoms with E-state index in [1.165, 1.54) is 38.6 Å². The largest absolute Gasteiger partial charge is 0.308 e. The predicted molar refractivity (Wildman–Crippen MR) is 83.0 cm³/mol. The van der Waals surface area contributed by atoms with Crippen LogP contribution in [-0.2, 0) is 10.8 Å². The van der Waals surface area contributed by atoms with Crippen LogP contribution in [0.1, 0.15) is 52.4 Å². The topological polar surface area (TPSA) is 32.3 Å². The summed E-state index contributed by atoms with van der Waals surface area (Å²) in [6.07, 6.45) is 9.56. The van der Waals surface area contributed by atoms with Gasteiger partial charge in [0.15, 0.2) is 0 Å². The van der Waals surface area contributed by atoms with Crippen molar-refractivity contribution in [3.8, 4) is 0 Å². The fraction of sp³-hybridized carbons (Fsp3) is 1.00. The third kappa shape index (κ3) is 3.79. The van der Waals surface area contributed by atoms with Crippen molar-refractivity contribution in [1.29, 1.82) is 0 Å². The van der Waals surface area contributed by atoms with Crippen LogP contribution >= 0.6 is 0 Å². The van der Waals surface area contributed by atoms with E-state index in [2.05, 4.69) is 24.1 Å².